The molecule has 2 heterocycles. The highest BCUT2D eigenvalue weighted by Gasteiger charge is 2.52. The van der Waals surface area contributed by atoms with E-state index in [0.29, 0.717) is 5.47 Å². The monoisotopic (exact) mass is 387 g/mol. The van der Waals surface area contributed by atoms with Gasteiger partial charge in [-0.3, -0.25) is 9.78 Å². The topological polar surface area (TPSA) is 48.4 Å². The molecule has 0 bridgehead atoms. The molecule has 0 amide bonds. The van der Waals surface area contributed by atoms with Crippen LogP contribution in [-0.2, 0) is 20.3 Å². The van der Waals surface area contributed by atoms with E-state index in [1.165, 1.54) is 13.0 Å². The van der Waals surface area contributed by atoms with Crippen LogP contribution in [0.5, 0.6) is 0 Å². The summed E-state index contributed by atoms with van der Waals surface area (Å²) in [5.74, 6) is 0.240. The lowest BCUT2D eigenvalue weighted by atomic mass is 9.78. The number of nitrogens with zero attached hydrogens (tertiary/aromatic N) is 1. The van der Waals surface area contributed by atoms with E-state index in [1.54, 1.807) is 0 Å². The first kappa shape index (κ1) is 21.0. The number of alkyl halides is 3. The van der Waals surface area contributed by atoms with Gasteiger partial charge in [0.15, 0.2) is 5.12 Å². The Morgan fingerprint density at radius 1 is 1.27 bits per heavy atom. The van der Waals surface area contributed by atoms with Crippen molar-refractivity contribution in [2.75, 3.05) is 5.75 Å². The van der Waals surface area contributed by atoms with Crippen molar-refractivity contribution in [1.82, 2.24) is 4.98 Å². The smallest absolute Gasteiger partial charge is 0.400 e. The predicted molar refractivity (Wildman–Crippen MR) is 96.4 cm³/mol. The van der Waals surface area contributed by atoms with Crippen LogP contribution in [-0.4, -0.2) is 34.2 Å². The highest BCUT2D eigenvalue weighted by molar-refractivity contribution is 8.13. The highest BCUT2D eigenvalue weighted by atomic mass is 32.2. The maximum atomic E-state index is 12.9. The van der Waals surface area contributed by atoms with E-state index in [1.807, 2.05) is 27.7 Å². The van der Waals surface area contributed by atoms with Gasteiger partial charge in [0.1, 0.15) is 0 Å². The van der Waals surface area contributed by atoms with E-state index in [9.17, 15) is 18.0 Å². The first-order valence-corrected chi connectivity index (χ1v) is 9.03. The fourth-order valence-electron chi connectivity index (χ4n) is 2.25. The molecule has 0 saturated carbocycles. The minimum Gasteiger partial charge on any atom is -0.400 e. The highest BCUT2D eigenvalue weighted by Crippen LogP contribution is 2.39. The van der Waals surface area contributed by atoms with Crippen molar-refractivity contribution in [3.8, 4) is 0 Å². The molecule has 1 aliphatic heterocycles. The molecule has 0 aromatic carbocycles. The third-order valence-corrected chi connectivity index (χ3v) is 5.32. The molecule has 0 atom stereocenters. The minimum absolute atomic E-state index is 0.107. The summed E-state index contributed by atoms with van der Waals surface area (Å²) in [7, 11) is -0.761. The number of pyridine rings is 1. The van der Waals surface area contributed by atoms with Crippen molar-refractivity contribution in [2.24, 2.45) is 0 Å². The van der Waals surface area contributed by atoms with Gasteiger partial charge in [-0.15, -0.1) is 0 Å². The molecule has 0 radical (unpaired) electrons. The lowest BCUT2D eigenvalue weighted by Crippen LogP contribution is -2.41. The summed E-state index contributed by atoms with van der Waals surface area (Å²) in [4.78, 5) is 15.3. The summed E-state index contributed by atoms with van der Waals surface area (Å²) < 4.78 is 50.7. The molecule has 0 aliphatic carbocycles. The fraction of sp³-hybridized carbons (Fsp3) is 0.529. The van der Waals surface area contributed by atoms with Crippen LogP contribution in [0.1, 0.15) is 45.9 Å². The molecule has 2 rings (SSSR count). The maximum Gasteiger partial charge on any atom is 0.491 e. The Balaban J connectivity index is 2.37. The second-order valence-corrected chi connectivity index (χ2v) is 8.21. The number of hydrogen-bond donors (Lipinski definition) is 0. The van der Waals surface area contributed by atoms with Crippen molar-refractivity contribution in [3.05, 3.63) is 35.1 Å². The van der Waals surface area contributed by atoms with E-state index in [-0.39, 0.29) is 16.6 Å². The zero-order valence-corrected chi connectivity index (χ0v) is 16.1. The van der Waals surface area contributed by atoms with Crippen LogP contribution >= 0.6 is 11.8 Å². The average molecular weight is 387 g/mol. The third-order valence-electron chi connectivity index (χ3n) is 4.44. The van der Waals surface area contributed by atoms with Gasteiger partial charge in [-0.25, -0.2) is 0 Å². The SMILES string of the molecule is CC(=O)SCC(=Cc1cc(C(F)(F)F)ccn1)B1OC(C)(C)C(C)(C)O1. The predicted octanol–water partition coefficient (Wildman–Crippen LogP) is 4.39. The molecule has 1 aromatic rings. The Labute approximate surface area is 155 Å². The molecule has 1 aliphatic rings. The molecular weight excluding hydrogens is 366 g/mol. The molecule has 1 saturated heterocycles. The summed E-state index contributed by atoms with van der Waals surface area (Å²) in [6.07, 6.45) is -1.86. The number of aromatic nitrogens is 1. The fourth-order valence-corrected chi connectivity index (χ4v) is 2.84. The van der Waals surface area contributed by atoms with Crippen molar-refractivity contribution in [1.29, 1.82) is 0 Å². The number of hydrogen-bond acceptors (Lipinski definition) is 5. The molecule has 0 unspecified atom stereocenters. The normalized spacial score (nSPS) is 19.7. The van der Waals surface area contributed by atoms with Crippen LogP contribution in [0.25, 0.3) is 6.08 Å². The van der Waals surface area contributed by atoms with Gasteiger partial charge in [0.25, 0.3) is 0 Å². The van der Waals surface area contributed by atoms with Gasteiger partial charge in [-0.1, -0.05) is 11.8 Å². The van der Waals surface area contributed by atoms with E-state index >= 15 is 0 Å². The molecule has 4 nitrogen and oxygen atoms in total. The van der Waals surface area contributed by atoms with Gasteiger partial charge in [0.2, 0.25) is 0 Å². The second-order valence-electron chi connectivity index (χ2n) is 7.05. The van der Waals surface area contributed by atoms with E-state index in [0.717, 1.165) is 30.1 Å². The Bertz CT molecular complexity index is 703. The first-order chi connectivity index (χ1) is 11.8. The second kappa shape index (κ2) is 7.36. The van der Waals surface area contributed by atoms with Gasteiger partial charge in [-0.2, -0.15) is 13.2 Å². The van der Waals surface area contributed by atoms with Crippen LogP contribution in [0.15, 0.2) is 23.8 Å². The minimum atomic E-state index is -4.45. The molecule has 1 fully saturated rings. The number of halogens is 3. The Hall–Kier alpha value is -1.32. The number of carbonyl (C=O) groups excluding carboxylic acids is 1. The zero-order chi connectivity index (χ0) is 19.8. The molecular formula is C17H21BF3NO3S. The Morgan fingerprint density at radius 2 is 1.85 bits per heavy atom. The summed E-state index contributed by atoms with van der Waals surface area (Å²) in [6.45, 7) is 8.95. The summed E-state index contributed by atoms with van der Waals surface area (Å²) in [5.41, 5.74) is -1.30. The molecule has 0 spiro atoms. The Morgan fingerprint density at radius 3 is 2.35 bits per heavy atom. The number of rotatable bonds is 4. The maximum absolute atomic E-state index is 12.9. The molecule has 1 aromatic heterocycles. The quantitative estimate of drug-likeness (QED) is 0.717. The van der Waals surface area contributed by atoms with Crippen LogP contribution in [0.3, 0.4) is 0 Å². The van der Waals surface area contributed by atoms with Crippen LogP contribution < -0.4 is 0 Å². The van der Waals surface area contributed by atoms with Gasteiger partial charge in [0.05, 0.1) is 22.5 Å². The first-order valence-electron chi connectivity index (χ1n) is 8.04. The van der Waals surface area contributed by atoms with Crippen molar-refractivity contribution in [2.45, 2.75) is 52.0 Å². The standard InChI is InChI=1S/C17H21BF3NO3S/c1-11(23)26-10-13(18-24-15(2,3)16(4,5)25-18)9-14-8-12(6-7-22-14)17(19,20)21/h6-9H,10H2,1-5H3. The van der Waals surface area contributed by atoms with Crippen LogP contribution in [0.2, 0.25) is 0 Å². The summed E-state index contributed by atoms with van der Waals surface area (Å²) >= 11 is 1.04. The van der Waals surface area contributed by atoms with E-state index in [4.69, 9.17) is 9.31 Å². The molecule has 142 valence electrons. The third kappa shape index (κ3) is 4.89. The lowest BCUT2D eigenvalue weighted by Gasteiger charge is -2.32. The van der Waals surface area contributed by atoms with Gasteiger partial charge in [-0.05, 0) is 51.4 Å². The van der Waals surface area contributed by atoms with E-state index < -0.39 is 30.1 Å². The molecule has 9 heteroatoms. The zero-order valence-electron chi connectivity index (χ0n) is 15.3. The van der Waals surface area contributed by atoms with Crippen LogP contribution in [0.4, 0.5) is 13.2 Å². The average Bonchev–Trinajstić information content (AvgIpc) is 2.71. The largest absolute Gasteiger partial charge is 0.491 e. The van der Waals surface area contributed by atoms with Crippen molar-refractivity contribution >= 4 is 30.1 Å². The Kier molecular flexibility index (Phi) is 5.94. The van der Waals surface area contributed by atoms with Crippen LogP contribution in [0, 0.1) is 0 Å². The number of thioether (sulfide) groups is 1. The molecule has 0 N–H and O–H groups in total. The van der Waals surface area contributed by atoms with Crippen molar-refractivity contribution in [3.63, 3.8) is 0 Å². The van der Waals surface area contributed by atoms with Gasteiger partial charge >= 0.3 is 13.3 Å². The number of carbonyl (C=O) groups is 1. The van der Waals surface area contributed by atoms with Gasteiger partial charge in [0, 0.05) is 18.9 Å². The summed E-state index contributed by atoms with van der Waals surface area (Å²) in [6, 6.07) is 1.87. The summed E-state index contributed by atoms with van der Waals surface area (Å²) in [5, 5.41) is -0.107. The van der Waals surface area contributed by atoms with Gasteiger partial charge < -0.3 is 9.31 Å². The molecule has 26 heavy (non-hydrogen) atoms. The van der Waals surface area contributed by atoms with E-state index in [2.05, 4.69) is 4.98 Å². The lowest BCUT2D eigenvalue weighted by molar-refractivity contribution is -0.137. The van der Waals surface area contributed by atoms with Crippen molar-refractivity contribution < 1.29 is 27.3 Å².